The van der Waals surface area contributed by atoms with Crippen LogP contribution in [0, 0.1) is 0 Å². The van der Waals surface area contributed by atoms with Crippen molar-refractivity contribution in [2.24, 2.45) is 0 Å². The highest BCUT2D eigenvalue weighted by Gasteiger charge is 2.17. The van der Waals surface area contributed by atoms with Crippen LogP contribution >= 0.6 is 0 Å². The molecule has 3 aromatic rings. The number of methoxy groups -OCH3 is 2. The topological polar surface area (TPSA) is 69.4 Å². The van der Waals surface area contributed by atoms with E-state index in [0.717, 1.165) is 11.1 Å². The molecule has 0 aliphatic heterocycles. The fourth-order valence-corrected chi connectivity index (χ4v) is 2.63. The van der Waals surface area contributed by atoms with Crippen LogP contribution in [0.25, 0.3) is 11.4 Å². The predicted molar refractivity (Wildman–Crippen MR) is 90.0 cm³/mol. The van der Waals surface area contributed by atoms with Gasteiger partial charge in [0.05, 0.1) is 32.4 Å². The van der Waals surface area contributed by atoms with Gasteiger partial charge in [-0.15, -0.1) is 0 Å². The van der Waals surface area contributed by atoms with E-state index in [9.17, 15) is 5.11 Å². The van der Waals surface area contributed by atoms with Gasteiger partial charge in [0, 0.05) is 30.4 Å². The van der Waals surface area contributed by atoms with Crippen LogP contribution in [0.4, 0.5) is 0 Å². The summed E-state index contributed by atoms with van der Waals surface area (Å²) in [6, 6.07) is 9.28. The van der Waals surface area contributed by atoms with Crippen LogP contribution in [-0.4, -0.2) is 33.9 Å². The summed E-state index contributed by atoms with van der Waals surface area (Å²) in [6.45, 7) is 0.362. The molecule has 0 saturated carbocycles. The van der Waals surface area contributed by atoms with Gasteiger partial charge in [-0.2, -0.15) is 0 Å². The largest absolute Gasteiger partial charge is 0.493 e. The minimum absolute atomic E-state index is 0.362. The maximum atomic E-state index is 10.4. The highest BCUT2D eigenvalue weighted by molar-refractivity contribution is 5.69. The zero-order valence-electron chi connectivity index (χ0n) is 13.6. The van der Waals surface area contributed by atoms with Gasteiger partial charge >= 0.3 is 0 Å². The van der Waals surface area contributed by atoms with Crippen LogP contribution in [0.3, 0.4) is 0 Å². The van der Waals surface area contributed by atoms with E-state index in [1.165, 1.54) is 0 Å². The van der Waals surface area contributed by atoms with Crippen molar-refractivity contribution in [1.82, 2.24) is 14.5 Å². The maximum Gasteiger partial charge on any atom is 0.171 e. The maximum absolute atomic E-state index is 10.4. The van der Waals surface area contributed by atoms with Crippen molar-refractivity contribution >= 4 is 0 Å². The molecule has 0 unspecified atom stereocenters. The Kier molecular flexibility index (Phi) is 4.77. The van der Waals surface area contributed by atoms with Crippen molar-refractivity contribution in [2.45, 2.75) is 12.6 Å². The summed E-state index contributed by atoms with van der Waals surface area (Å²) in [5.74, 6) is 1.95. The molecule has 6 nitrogen and oxygen atoms in total. The molecule has 0 spiro atoms. The van der Waals surface area contributed by atoms with E-state index in [0.29, 0.717) is 23.9 Å². The van der Waals surface area contributed by atoms with Gasteiger partial charge in [0.25, 0.3) is 0 Å². The van der Waals surface area contributed by atoms with Gasteiger partial charge in [-0.05, 0) is 18.2 Å². The number of rotatable bonds is 6. The molecule has 0 radical (unpaired) electrons. The molecular formula is C18H19N3O3. The number of aromatic nitrogens is 3. The quantitative estimate of drug-likeness (QED) is 0.754. The van der Waals surface area contributed by atoms with Crippen molar-refractivity contribution in [3.8, 4) is 22.9 Å². The SMILES string of the molecule is COc1cccc(-c2nccn2C[C@H](O)c2cccnc2)c1OC. The fourth-order valence-electron chi connectivity index (χ4n) is 2.63. The molecule has 0 aliphatic rings. The van der Waals surface area contributed by atoms with E-state index in [2.05, 4.69) is 9.97 Å². The van der Waals surface area contributed by atoms with Gasteiger partial charge in [0.15, 0.2) is 11.5 Å². The second-order valence-electron chi connectivity index (χ2n) is 5.25. The normalized spacial score (nSPS) is 12.0. The molecule has 124 valence electrons. The summed E-state index contributed by atoms with van der Waals surface area (Å²) < 4.78 is 12.7. The zero-order chi connectivity index (χ0) is 16.9. The minimum atomic E-state index is -0.678. The van der Waals surface area contributed by atoms with Crippen LogP contribution in [0.1, 0.15) is 11.7 Å². The Bertz CT molecular complexity index is 802. The number of ether oxygens (including phenoxy) is 2. The summed E-state index contributed by atoms with van der Waals surface area (Å²) in [4.78, 5) is 8.46. The lowest BCUT2D eigenvalue weighted by atomic mass is 10.1. The van der Waals surface area contributed by atoms with E-state index < -0.39 is 6.10 Å². The molecular weight excluding hydrogens is 306 g/mol. The lowest BCUT2D eigenvalue weighted by molar-refractivity contribution is 0.156. The summed E-state index contributed by atoms with van der Waals surface area (Å²) >= 11 is 0. The number of hydrogen-bond acceptors (Lipinski definition) is 5. The Balaban J connectivity index is 1.94. The van der Waals surface area contributed by atoms with Crippen LogP contribution in [0.2, 0.25) is 0 Å². The Hall–Kier alpha value is -2.86. The summed E-state index contributed by atoms with van der Waals surface area (Å²) in [7, 11) is 3.19. The molecule has 0 bridgehead atoms. The zero-order valence-corrected chi connectivity index (χ0v) is 13.6. The van der Waals surface area contributed by atoms with Gasteiger partial charge in [0.2, 0.25) is 0 Å². The van der Waals surface area contributed by atoms with E-state index in [1.807, 2.05) is 35.0 Å². The Morgan fingerprint density at radius 3 is 2.71 bits per heavy atom. The molecule has 3 rings (SSSR count). The molecule has 0 fully saturated rings. The number of pyridine rings is 1. The van der Waals surface area contributed by atoms with Crippen molar-refractivity contribution in [2.75, 3.05) is 14.2 Å². The number of para-hydroxylation sites is 1. The summed E-state index contributed by atoms with van der Waals surface area (Å²) in [6.07, 6.45) is 6.19. The predicted octanol–water partition coefficient (Wildman–Crippen LogP) is 2.70. The third-order valence-electron chi connectivity index (χ3n) is 3.80. The number of hydrogen-bond donors (Lipinski definition) is 1. The standard InChI is InChI=1S/C18H19N3O3/c1-23-16-7-3-6-14(17(16)24-2)18-20-9-10-21(18)12-15(22)13-5-4-8-19-11-13/h3-11,15,22H,12H2,1-2H3/t15-/m0/s1. The monoisotopic (exact) mass is 325 g/mol. The molecule has 1 N–H and O–H groups in total. The van der Waals surface area contributed by atoms with E-state index in [1.54, 1.807) is 38.9 Å². The van der Waals surface area contributed by atoms with Gasteiger partial charge in [-0.3, -0.25) is 4.98 Å². The van der Waals surface area contributed by atoms with Crippen molar-refractivity contribution in [3.63, 3.8) is 0 Å². The Labute approximate surface area is 140 Å². The van der Waals surface area contributed by atoms with E-state index >= 15 is 0 Å². The molecule has 1 atom stereocenters. The van der Waals surface area contributed by atoms with Gasteiger partial charge in [-0.1, -0.05) is 12.1 Å². The molecule has 24 heavy (non-hydrogen) atoms. The van der Waals surface area contributed by atoms with Crippen molar-refractivity contribution < 1.29 is 14.6 Å². The number of aliphatic hydroxyl groups excluding tert-OH is 1. The number of aliphatic hydroxyl groups is 1. The molecule has 2 aromatic heterocycles. The van der Waals surface area contributed by atoms with Gasteiger partial charge in [-0.25, -0.2) is 4.98 Å². The summed E-state index contributed by atoms with van der Waals surface area (Å²) in [5.41, 5.74) is 1.56. The van der Waals surface area contributed by atoms with Crippen molar-refractivity contribution in [1.29, 1.82) is 0 Å². The highest BCUT2D eigenvalue weighted by atomic mass is 16.5. The fraction of sp³-hybridized carbons (Fsp3) is 0.222. The van der Waals surface area contributed by atoms with Crippen LogP contribution in [0.15, 0.2) is 55.1 Å². The smallest absolute Gasteiger partial charge is 0.171 e. The molecule has 0 aliphatic carbocycles. The third-order valence-corrected chi connectivity index (χ3v) is 3.80. The number of benzene rings is 1. The molecule has 1 aromatic carbocycles. The van der Waals surface area contributed by atoms with E-state index in [-0.39, 0.29) is 0 Å². The van der Waals surface area contributed by atoms with Crippen molar-refractivity contribution in [3.05, 3.63) is 60.7 Å². The minimum Gasteiger partial charge on any atom is -0.493 e. The lowest BCUT2D eigenvalue weighted by Crippen LogP contribution is -2.10. The van der Waals surface area contributed by atoms with Gasteiger partial charge < -0.3 is 19.1 Å². The van der Waals surface area contributed by atoms with E-state index in [4.69, 9.17) is 9.47 Å². The lowest BCUT2D eigenvalue weighted by Gasteiger charge is -2.16. The first-order chi connectivity index (χ1) is 11.7. The molecule has 6 heteroatoms. The van der Waals surface area contributed by atoms with Crippen LogP contribution < -0.4 is 9.47 Å². The molecule has 0 saturated heterocycles. The molecule has 0 amide bonds. The number of nitrogens with zero attached hydrogens (tertiary/aromatic N) is 3. The Morgan fingerprint density at radius 1 is 1.12 bits per heavy atom. The third kappa shape index (κ3) is 3.09. The van der Waals surface area contributed by atoms with Gasteiger partial charge in [0.1, 0.15) is 5.82 Å². The molecule has 2 heterocycles. The highest BCUT2D eigenvalue weighted by Crippen LogP contribution is 2.37. The number of imidazole rings is 1. The van der Waals surface area contributed by atoms with Crippen LogP contribution in [-0.2, 0) is 6.54 Å². The van der Waals surface area contributed by atoms with Crippen LogP contribution in [0.5, 0.6) is 11.5 Å². The first kappa shape index (κ1) is 16.0. The average Bonchev–Trinajstić information content (AvgIpc) is 3.09. The summed E-state index contributed by atoms with van der Waals surface area (Å²) in [5, 5.41) is 10.4. The first-order valence-electron chi connectivity index (χ1n) is 7.55. The first-order valence-corrected chi connectivity index (χ1v) is 7.55. The second kappa shape index (κ2) is 7.14. The second-order valence-corrected chi connectivity index (χ2v) is 5.25. The Morgan fingerprint density at radius 2 is 2.00 bits per heavy atom. The average molecular weight is 325 g/mol.